The van der Waals surface area contributed by atoms with Crippen LogP contribution >= 0.6 is 0 Å². The normalized spacial score (nSPS) is 22.2. The predicted octanol–water partition coefficient (Wildman–Crippen LogP) is 1.97. The number of carbonyl (C=O) groups excluding carboxylic acids is 1. The Kier molecular flexibility index (Phi) is 5.27. The zero-order chi connectivity index (χ0) is 15.2. The van der Waals surface area contributed by atoms with Crippen molar-refractivity contribution in [3.63, 3.8) is 0 Å². The molecule has 1 atom stereocenters. The maximum absolute atomic E-state index is 12.0. The van der Waals surface area contributed by atoms with Gasteiger partial charge in [0.1, 0.15) is 6.54 Å². The molecule has 0 saturated carbocycles. The molecule has 1 saturated heterocycles. The summed E-state index contributed by atoms with van der Waals surface area (Å²) in [4.78, 5) is 12.0. The lowest BCUT2D eigenvalue weighted by Crippen LogP contribution is -2.30. The number of rotatable bonds is 5. The Bertz CT molecular complexity index is 529. The molecule has 2 N–H and O–H groups in total. The maximum atomic E-state index is 12.0. The van der Waals surface area contributed by atoms with E-state index in [1.54, 1.807) is 4.68 Å². The summed E-state index contributed by atoms with van der Waals surface area (Å²) in [5.41, 5.74) is 2.48. The van der Waals surface area contributed by atoms with E-state index in [4.69, 9.17) is 0 Å². The van der Waals surface area contributed by atoms with Gasteiger partial charge in [-0.3, -0.25) is 9.48 Å². The summed E-state index contributed by atoms with van der Waals surface area (Å²) >= 11 is 0. The average molecular weight is 302 g/mol. The van der Waals surface area contributed by atoms with Crippen LogP contribution in [0.5, 0.6) is 0 Å². The summed E-state index contributed by atoms with van der Waals surface area (Å²) in [6.45, 7) is 3.11. The van der Waals surface area contributed by atoms with Crippen molar-refractivity contribution in [3.05, 3.63) is 29.6 Å². The van der Waals surface area contributed by atoms with Crippen LogP contribution in [0.3, 0.4) is 0 Å². The largest absolute Gasteiger partial charge is 0.351 e. The van der Waals surface area contributed by atoms with Crippen molar-refractivity contribution in [2.75, 3.05) is 19.6 Å². The Balaban J connectivity index is 1.47. The molecule has 1 aromatic rings. The minimum absolute atomic E-state index is 0.0443. The molecule has 120 valence electrons. The van der Waals surface area contributed by atoms with Crippen molar-refractivity contribution in [2.45, 2.75) is 51.0 Å². The van der Waals surface area contributed by atoms with Gasteiger partial charge in [-0.2, -0.15) is 5.10 Å². The van der Waals surface area contributed by atoms with Gasteiger partial charge in [0.2, 0.25) is 5.91 Å². The molecule has 0 spiro atoms. The third kappa shape index (κ3) is 4.19. The van der Waals surface area contributed by atoms with E-state index in [1.807, 2.05) is 6.20 Å². The Morgan fingerprint density at radius 2 is 2.36 bits per heavy atom. The van der Waals surface area contributed by atoms with Gasteiger partial charge in [0.15, 0.2) is 0 Å². The van der Waals surface area contributed by atoms with E-state index in [2.05, 4.69) is 27.9 Å². The van der Waals surface area contributed by atoms with Crippen LogP contribution in [0, 0.1) is 0 Å². The van der Waals surface area contributed by atoms with Gasteiger partial charge in [-0.1, -0.05) is 11.6 Å². The van der Waals surface area contributed by atoms with E-state index in [0.29, 0.717) is 19.0 Å². The zero-order valence-corrected chi connectivity index (χ0v) is 13.2. The SMILES string of the molecule is O=C(Cn1ccc(C2CCCNC2)n1)NCC1=CCCCC1. The van der Waals surface area contributed by atoms with Gasteiger partial charge in [-0.25, -0.2) is 0 Å². The first-order valence-electron chi connectivity index (χ1n) is 8.50. The van der Waals surface area contributed by atoms with Crippen LogP contribution in [0.2, 0.25) is 0 Å². The molecule has 0 aromatic carbocycles. The second-order valence-electron chi connectivity index (χ2n) is 6.37. The molecule has 1 unspecified atom stereocenters. The molecule has 22 heavy (non-hydrogen) atoms. The van der Waals surface area contributed by atoms with Crippen LogP contribution in [-0.2, 0) is 11.3 Å². The Labute approximate surface area is 132 Å². The molecule has 1 aliphatic carbocycles. The van der Waals surface area contributed by atoms with Crippen molar-refractivity contribution in [1.29, 1.82) is 0 Å². The van der Waals surface area contributed by atoms with Crippen LogP contribution in [0.25, 0.3) is 0 Å². The van der Waals surface area contributed by atoms with Crippen LogP contribution in [-0.4, -0.2) is 35.3 Å². The fourth-order valence-corrected chi connectivity index (χ4v) is 3.27. The monoisotopic (exact) mass is 302 g/mol. The van der Waals surface area contributed by atoms with Gasteiger partial charge in [-0.05, 0) is 51.1 Å². The lowest BCUT2D eigenvalue weighted by molar-refractivity contribution is -0.121. The van der Waals surface area contributed by atoms with Crippen molar-refractivity contribution in [3.8, 4) is 0 Å². The molecular formula is C17H26N4O. The van der Waals surface area contributed by atoms with E-state index in [-0.39, 0.29) is 5.91 Å². The van der Waals surface area contributed by atoms with E-state index in [0.717, 1.165) is 31.6 Å². The number of nitrogens with one attached hydrogen (secondary N) is 2. The molecule has 1 amide bonds. The molecular weight excluding hydrogens is 276 g/mol. The van der Waals surface area contributed by atoms with Crippen molar-refractivity contribution in [1.82, 2.24) is 20.4 Å². The molecule has 5 nitrogen and oxygen atoms in total. The first-order valence-corrected chi connectivity index (χ1v) is 8.50. The predicted molar refractivity (Wildman–Crippen MR) is 86.6 cm³/mol. The lowest BCUT2D eigenvalue weighted by atomic mass is 9.97. The summed E-state index contributed by atoms with van der Waals surface area (Å²) in [6, 6.07) is 2.05. The number of piperidine rings is 1. The van der Waals surface area contributed by atoms with E-state index in [1.165, 1.54) is 31.3 Å². The fourth-order valence-electron chi connectivity index (χ4n) is 3.27. The second-order valence-corrected chi connectivity index (χ2v) is 6.37. The van der Waals surface area contributed by atoms with Gasteiger partial charge < -0.3 is 10.6 Å². The minimum Gasteiger partial charge on any atom is -0.351 e. The summed E-state index contributed by atoms with van der Waals surface area (Å²) in [5, 5.41) is 11.0. The average Bonchev–Trinajstić information content (AvgIpc) is 3.03. The van der Waals surface area contributed by atoms with Gasteiger partial charge in [0, 0.05) is 25.2 Å². The minimum atomic E-state index is 0.0443. The van der Waals surface area contributed by atoms with Gasteiger partial charge in [0.05, 0.1) is 5.69 Å². The Morgan fingerprint density at radius 1 is 1.41 bits per heavy atom. The molecule has 3 rings (SSSR count). The standard InChI is InChI=1S/C17H26N4O/c22-17(19-11-14-5-2-1-3-6-14)13-21-10-8-16(20-21)15-7-4-9-18-12-15/h5,8,10,15,18H,1-4,6-7,9,11-13H2,(H,19,22). The highest BCUT2D eigenvalue weighted by molar-refractivity contribution is 5.75. The topological polar surface area (TPSA) is 59.0 Å². The van der Waals surface area contributed by atoms with Crippen LogP contribution in [0.4, 0.5) is 0 Å². The number of allylic oxidation sites excluding steroid dienone is 1. The highest BCUT2D eigenvalue weighted by atomic mass is 16.2. The number of hydrogen-bond acceptors (Lipinski definition) is 3. The summed E-state index contributed by atoms with van der Waals surface area (Å²) in [7, 11) is 0. The quantitative estimate of drug-likeness (QED) is 0.818. The first kappa shape index (κ1) is 15.3. The van der Waals surface area contributed by atoms with Gasteiger partial charge >= 0.3 is 0 Å². The van der Waals surface area contributed by atoms with Crippen LogP contribution < -0.4 is 10.6 Å². The molecule has 2 aliphatic rings. The van der Waals surface area contributed by atoms with Crippen LogP contribution in [0.1, 0.15) is 50.1 Å². The fraction of sp³-hybridized carbons (Fsp3) is 0.647. The highest BCUT2D eigenvalue weighted by Gasteiger charge is 2.17. The number of amides is 1. The molecule has 2 heterocycles. The molecule has 1 aromatic heterocycles. The smallest absolute Gasteiger partial charge is 0.241 e. The van der Waals surface area contributed by atoms with Gasteiger partial charge in [-0.15, -0.1) is 0 Å². The third-order valence-corrected chi connectivity index (χ3v) is 4.58. The zero-order valence-electron chi connectivity index (χ0n) is 13.2. The van der Waals surface area contributed by atoms with Crippen molar-refractivity contribution in [2.24, 2.45) is 0 Å². The van der Waals surface area contributed by atoms with Crippen molar-refractivity contribution < 1.29 is 4.79 Å². The second kappa shape index (κ2) is 7.58. The third-order valence-electron chi connectivity index (χ3n) is 4.58. The number of aromatic nitrogens is 2. The van der Waals surface area contributed by atoms with E-state index in [9.17, 15) is 4.79 Å². The molecule has 1 fully saturated rings. The van der Waals surface area contributed by atoms with Crippen molar-refractivity contribution >= 4 is 5.91 Å². The summed E-state index contributed by atoms with van der Waals surface area (Å²) in [6.07, 6.45) is 11.4. The maximum Gasteiger partial charge on any atom is 0.241 e. The number of nitrogens with zero attached hydrogens (tertiary/aromatic N) is 2. The van der Waals surface area contributed by atoms with Gasteiger partial charge in [0.25, 0.3) is 0 Å². The lowest BCUT2D eigenvalue weighted by Gasteiger charge is -2.20. The molecule has 5 heteroatoms. The Hall–Kier alpha value is -1.62. The number of carbonyl (C=O) groups is 1. The molecule has 1 aliphatic heterocycles. The molecule has 0 bridgehead atoms. The number of hydrogen-bond donors (Lipinski definition) is 2. The summed E-state index contributed by atoms with van der Waals surface area (Å²) < 4.78 is 1.76. The highest BCUT2D eigenvalue weighted by Crippen LogP contribution is 2.21. The Morgan fingerprint density at radius 3 is 3.14 bits per heavy atom. The molecule has 0 radical (unpaired) electrons. The summed E-state index contributed by atoms with van der Waals surface area (Å²) in [5.74, 6) is 0.536. The van der Waals surface area contributed by atoms with E-state index < -0.39 is 0 Å². The van der Waals surface area contributed by atoms with Crippen LogP contribution in [0.15, 0.2) is 23.9 Å². The van der Waals surface area contributed by atoms with E-state index >= 15 is 0 Å². The first-order chi connectivity index (χ1) is 10.8.